The van der Waals surface area contributed by atoms with Crippen LogP contribution in [-0.4, -0.2) is 66.3 Å². The summed E-state index contributed by atoms with van der Waals surface area (Å²) in [7, 11) is 0. The number of amides is 1. The summed E-state index contributed by atoms with van der Waals surface area (Å²) in [6.45, 7) is 14.5. The van der Waals surface area contributed by atoms with Crippen LogP contribution in [0.1, 0.15) is 44.9 Å². The molecule has 0 saturated carbocycles. The van der Waals surface area contributed by atoms with E-state index in [0.717, 1.165) is 11.3 Å². The Bertz CT molecular complexity index is 1790. The lowest BCUT2D eigenvalue weighted by molar-refractivity contribution is -0.128. The quantitative estimate of drug-likeness (QED) is 0.214. The zero-order valence-electron chi connectivity index (χ0n) is 25.2. The van der Waals surface area contributed by atoms with E-state index in [-0.39, 0.29) is 23.9 Å². The van der Waals surface area contributed by atoms with Gasteiger partial charge in [-0.2, -0.15) is 4.98 Å². The van der Waals surface area contributed by atoms with Gasteiger partial charge in [-0.25, -0.2) is 14.3 Å². The Labute approximate surface area is 259 Å². The summed E-state index contributed by atoms with van der Waals surface area (Å²) in [6.07, 6.45) is 4.67. The Hall–Kier alpha value is -3.73. The Morgan fingerprint density at radius 2 is 1.88 bits per heavy atom. The number of fused-ring (bicyclic) bond motifs is 1. The van der Waals surface area contributed by atoms with Gasteiger partial charge in [-0.05, 0) is 73.8 Å². The lowest BCUT2D eigenvalue weighted by Crippen LogP contribution is -2.58. The Morgan fingerprint density at radius 1 is 1.16 bits per heavy atom. The minimum Gasteiger partial charge on any atom is -0.612 e. The molecule has 0 radical (unpaired) electrons. The van der Waals surface area contributed by atoms with Crippen LogP contribution in [0.25, 0.3) is 28.0 Å². The maximum atomic E-state index is 14.1. The van der Waals surface area contributed by atoms with E-state index in [1.807, 2.05) is 63.8 Å². The van der Waals surface area contributed by atoms with E-state index in [9.17, 15) is 14.1 Å². The van der Waals surface area contributed by atoms with E-state index in [1.54, 1.807) is 29.5 Å². The second-order valence-corrected chi connectivity index (χ2v) is 13.0. The highest BCUT2D eigenvalue weighted by Crippen LogP contribution is 2.37. The normalized spacial score (nSPS) is 17.9. The number of hydrogen-bond acceptors (Lipinski definition) is 7. The van der Waals surface area contributed by atoms with E-state index in [0.29, 0.717) is 56.8 Å². The first-order valence-electron chi connectivity index (χ1n) is 14.2. The summed E-state index contributed by atoms with van der Waals surface area (Å²) in [5, 5.41) is 0.927. The predicted molar refractivity (Wildman–Crippen MR) is 173 cm³/mol. The van der Waals surface area contributed by atoms with Gasteiger partial charge in [0.2, 0.25) is 5.91 Å². The van der Waals surface area contributed by atoms with Crippen molar-refractivity contribution < 1.29 is 9.35 Å². The molecule has 0 N–H and O–H groups in total. The van der Waals surface area contributed by atoms with Crippen LogP contribution in [0.15, 0.2) is 64.9 Å². The van der Waals surface area contributed by atoms with Crippen LogP contribution in [0, 0.1) is 6.92 Å². The van der Waals surface area contributed by atoms with Gasteiger partial charge in [0.25, 0.3) is 0 Å². The molecule has 11 heteroatoms. The molecule has 1 aliphatic rings. The fraction of sp³-hybridized carbons (Fsp3) is 0.344. The highest BCUT2D eigenvalue weighted by Gasteiger charge is 2.34. The number of nitrogens with zero attached hydrogens (tertiary/aromatic N) is 6. The largest absolute Gasteiger partial charge is 0.612 e. The number of piperazine rings is 1. The maximum Gasteiger partial charge on any atom is 0.355 e. The first kappa shape index (κ1) is 30.7. The van der Waals surface area contributed by atoms with Gasteiger partial charge in [-0.1, -0.05) is 44.2 Å². The molecule has 43 heavy (non-hydrogen) atoms. The maximum absolute atomic E-state index is 14.1. The third-order valence-corrected chi connectivity index (χ3v) is 9.16. The Morgan fingerprint density at radius 3 is 2.56 bits per heavy atom. The van der Waals surface area contributed by atoms with Crippen LogP contribution in [0.2, 0.25) is 5.02 Å². The van der Waals surface area contributed by atoms with Crippen LogP contribution in [0.3, 0.4) is 0 Å². The predicted octanol–water partition coefficient (Wildman–Crippen LogP) is 5.28. The summed E-state index contributed by atoms with van der Waals surface area (Å²) in [4.78, 5) is 45.4. The van der Waals surface area contributed by atoms with Gasteiger partial charge in [0, 0.05) is 31.4 Å². The van der Waals surface area contributed by atoms with Crippen LogP contribution >= 0.6 is 11.6 Å². The van der Waals surface area contributed by atoms with Crippen LogP contribution in [-0.2, 0) is 16.0 Å². The van der Waals surface area contributed by atoms with Gasteiger partial charge in [-0.15, -0.1) is 0 Å². The summed E-state index contributed by atoms with van der Waals surface area (Å²) in [5.41, 5.74) is 3.13. The van der Waals surface area contributed by atoms with Crippen molar-refractivity contribution in [1.82, 2.24) is 24.4 Å². The van der Waals surface area contributed by atoms with Crippen LogP contribution < -0.4 is 10.6 Å². The highest BCUT2D eigenvalue weighted by molar-refractivity contribution is 7.90. The average Bonchev–Trinajstić information content (AvgIpc) is 2.97. The molecule has 1 saturated heterocycles. The third-order valence-electron chi connectivity index (χ3n) is 7.89. The number of aryl methyl sites for hydroxylation is 1. The molecule has 4 aromatic rings. The molecule has 9 nitrogen and oxygen atoms in total. The molecule has 0 spiro atoms. The molecule has 0 bridgehead atoms. The third kappa shape index (κ3) is 5.55. The standard InChI is InChI=1S/C32H35ClN6O3S/c1-8-26(40)37-16-21(6)38(17-20(37)5)30-23-15-24(33)28(22-11-9-10-12-25(22)43(7)42)35-31(23)39(32(41)36-30)29-19(4)13-14-34-27(29)18(2)3/h8-15,18,20-21H,1,16-17H2,2-7H3. The number of carbonyl (C=O) groups excluding carboxylic acids is 1. The molecule has 1 amide bonds. The number of rotatable bonds is 6. The molecule has 4 heterocycles. The van der Waals surface area contributed by atoms with Crippen molar-refractivity contribution in [3.8, 4) is 16.9 Å². The molecule has 3 unspecified atom stereocenters. The first-order valence-corrected chi connectivity index (χ1v) is 16.1. The number of carbonyl (C=O) groups is 1. The molecule has 5 rings (SSSR count). The smallest absolute Gasteiger partial charge is 0.355 e. The molecule has 1 aromatic carbocycles. The molecule has 0 aliphatic carbocycles. The minimum atomic E-state index is -1.30. The van der Waals surface area contributed by atoms with E-state index in [2.05, 4.69) is 16.5 Å². The number of hydrogen-bond donors (Lipinski definition) is 0. The molecule has 3 atom stereocenters. The van der Waals surface area contributed by atoms with Crippen LogP contribution in [0.4, 0.5) is 5.82 Å². The lowest BCUT2D eigenvalue weighted by atomic mass is 10.0. The van der Waals surface area contributed by atoms with Gasteiger partial charge in [-0.3, -0.25) is 9.78 Å². The van der Waals surface area contributed by atoms with E-state index >= 15 is 0 Å². The topological polar surface area (TPSA) is 107 Å². The van der Waals surface area contributed by atoms with Gasteiger partial charge in [0.15, 0.2) is 10.5 Å². The number of halogens is 1. The van der Waals surface area contributed by atoms with E-state index in [1.165, 1.54) is 10.6 Å². The van der Waals surface area contributed by atoms with Crippen molar-refractivity contribution in [3.63, 3.8) is 0 Å². The summed E-state index contributed by atoms with van der Waals surface area (Å²) < 4.78 is 14.2. The average molecular weight is 619 g/mol. The zero-order chi connectivity index (χ0) is 31.2. The molecular formula is C32H35ClN6O3S. The minimum absolute atomic E-state index is 0.0166. The fourth-order valence-corrected chi connectivity index (χ4v) is 6.76. The van der Waals surface area contributed by atoms with Crippen LogP contribution in [0.5, 0.6) is 0 Å². The molecular weight excluding hydrogens is 584 g/mol. The Balaban J connectivity index is 1.84. The molecule has 1 aliphatic heterocycles. The monoisotopic (exact) mass is 618 g/mol. The zero-order valence-corrected chi connectivity index (χ0v) is 26.7. The second kappa shape index (κ2) is 12.1. The Kier molecular flexibility index (Phi) is 8.65. The molecule has 224 valence electrons. The van der Waals surface area contributed by atoms with Crippen molar-refractivity contribution >= 4 is 45.5 Å². The number of anilines is 1. The molecule has 3 aromatic heterocycles. The lowest BCUT2D eigenvalue weighted by Gasteiger charge is -2.44. The van der Waals surface area contributed by atoms with Crippen molar-refractivity contribution in [3.05, 3.63) is 82.0 Å². The first-order chi connectivity index (χ1) is 20.4. The van der Waals surface area contributed by atoms with Crippen molar-refractivity contribution in [2.45, 2.75) is 57.5 Å². The number of aromatic nitrogens is 4. The van der Waals surface area contributed by atoms with Crippen molar-refractivity contribution in [1.29, 1.82) is 0 Å². The van der Waals surface area contributed by atoms with Gasteiger partial charge in [0.05, 0.1) is 33.0 Å². The van der Waals surface area contributed by atoms with E-state index < -0.39 is 16.9 Å². The summed E-state index contributed by atoms with van der Waals surface area (Å²) in [6, 6.07) is 10.6. The second-order valence-electron chi connectivity index (χ2n) is 11.3. The fourth-order valence-electron chi connectivity index (χ4n) is 5.76. The SMILES string of the molecule is C=CC(=O)N1CC(C)N(c2nc(=O)n(-c3c(C)ccnc3C(C)C)c3nc(-c4ccccc4[S+](C)[O-])c(Cl)cc23)CC1C. The highest BCUT2D eigenvalue weighted by atomic mass is 35.5. The van der Waals surface area contributed by atoms with Gasteiger partial charge in [0.1, 0.15) is 12.1 Å². The molecule has 1 fully saturated rings. The van der Waals surface area contributed by atoms with Crippen molar-refractivity contribution in [2.24, 2.45) is 0 Å². The number of benzene rings is 1. The van der Waals surface area contributed by atoms with E-state index in [4.69, 9.17) is 16.6 Å². The van der Waals surface area contributed by atoms with Crippen molar-refractivity contribution in [2.75, 3.05) is 24.2 Å². The number of pyridine rings is 2. The summed E-state index contributed by atoms with van der Waals surface area (Å²) >= 11 is 5.65. The summed E-state index contributed by atoms with van der Waals surface area (Å²) in [5.74, 6) is 0.326. The van der Waals surface area contributed by atoms with Gasteiger partial charge >= 0.3 is 5.69 Å². The van der Waals surface area contributed by atoms with Gasteiger partial charge < -0.3 is 14.4 Å².